The van der Waals surface area contributed by atoms with Gasteiger partial charge in [-0.25, -0.2) is 0 Å². The third kappa shape index (κ3) is 2.62. The van der Waals surface area contributed by atoms with Gasteiger partial charge in [0, 0.05) is 24.4 Å². The van der Waals surface area contributed by atoms with Crippen LogP contribution in [-0.2, 0) is 4.79 Å². The first-order chi connectivity index (χ1) is 10.0. The largest absolute Gasteiger partial charge is 0.300 e. The van der Waals surface area contributed by atoms with E-state index in [1.54, 1.807) is 0 Å². The second-order valence-corrected chi connectivity index (χ2v) is 7.14. The fraction of sp³-hybridized carbons (Fsp3) is 0.588. The number of halogens is 2. The monoisotopic (exact) mass is 325 g/mol. The van der Waals surface area contributed by atoms with Crippen molar-refractivity contribution in [1.82, 2.24) is 4.90 Å². The predicted molar refractivity (Wildman–Crippen MR) is 87.2 cm³/mol. The van der Waals surface area contributed by atoms with Crippen LogP contribution in [-0.4, -0.2) is 29.8 Å². The topological polar surface area (TPSA) is 20.3 Å². The number of carbonyl (C=O) groups is 1. The number of Topliss-reactive ketones (excluding diaryl/α,β-unsaturated/α-hetero) is 1. The Bertz CT molecular complexity index is 560. The number of piperidine rings is 1. The average molecular weight is 326 g/mol. The van der Waals surface area contributed by atoms with Gasteiger partial charge in [0.25, 0.3) is 0 Å². The maximum absolute atomic E-state index is 12.6. The van der Waals surface area contributed by atoms with Gasteiger partial charge in [-0.2, -0.15) is 0 Å². The second-order valence-electron chi connectivity index (χ2n) is 6.33. The first-order valence-electron chi connectivity index (χ1n) is 7.72. The van der Waals surface area contributed by atoms with Crippen LogP contribution < -0.4 is 0 Å². The van der Waals surface area contributed by atoms with Crippen molar-refractivity contribution >= 4 is 29.0 Å². The summed E-state index contributed by atoms with van der Waals surface area (Å²) in [5, 5.41) is 1.16. The van der Waals surface area contributed by atoms with Crippen molar-refractivity contribution in [1.29, 1.82) is 0 Å². The summed E-state index contributed by atoms with van der Waals surface area (Å²) in [5.41, 5.74) is 1.17. The van der Waals surface area contributed by atoms with E-state index in [0.29, 0.717) is 34.3 Å². The summed E-state index contributed by atoms with van der Waals surface area (Å²) < 4.78 is 0. The van der Waals surface area contributed by atoms with Crippen LogP contribution in [0.2, 0.25) is 10.0 Å². The molecule has 4 heteroatoms. The minimum absolute atomic E-state index is 0.0935. The van der Waals surface area contributed by atoms with Crippen molar-refractivity contribution in [3.63, 3.8) is 0 Å². The highest BCUT2D eigenvalue weighted by Crippen LogP contribution is 2.47. The number of nitrogens with zero attached hydrogens (tertiary/aromatic N) is 1. The SMILES string of the molecule is CCC(=O)[C@H]1[C@H](c2ccc(Cl)c(Cl)c2)CC2CC[C@@H]1N2C. The average Bonchev–Trinajstić information content (AvgIpc) is 2.72. The van der Waals surface area contributed by atoms with Crippen molar-refractivity contribution in [2.45, 2.75) is 50.6 Å². The fourth-order valence-electron chi connectivity index (χ4n) is 4.23. The lowest BCUT2D eigenvalue weighted by molar-refractivity contribution is -0.126. The number of hydrogen-bond acceptors (Lipinski definition) is 2. The van der Waals surface area contributed by atoms with Crippen molar-refractivity contribution < 1.29 is 4.79 Å². The molecule has 0 aromatic heterocycles. The van der Waals surface area contributed by atoms with E-state index in [4.69, 9.17) is 23.2 Å². The molecule has 2 nitrogen and oxygen atoms in total. The Morgan fingerprint density at radius 3 is 2.71 bits per heavy atom. The zero-order valence-corrected chi connectivity index (χ0v) is 14.0. The van der Waals surface area contributed by atoms with Gasteiger partial charge in [0.1, 0.15) is 5.78 Å². The van der Waals surface area contributed by atoms with Crippen LogP contribution in [0.25, 0.3) is 0 Å². The lowest BCUT2D eigenvalue weighted by Crippen LogP contribution is -2.48. The van der Waals surface area contributed by atoms with E-state index >= 15 is 0 Å². The third-order valence-electron chi connectivity index (χ3n) is 5.36. The molecule has 3 rings (SSSR count). The van der Waals surface area contributed by atoms with Crippen LogP contribution >= 0.6 is 23.2 Å². The van der Waals surface area contributed by atoms with Gasteiger partial charge < -0.3 is 0 Å². The fourth-order valence-corrected chi connectivity index (χ4v) is 4.53. The Hall–Kier alpha value is -0.570. The Morgan fingerprint density at radius 1 is 1.29 bits per heavy atom. The molecular weight excluding hydrogens is 305 g/mol. The quantitative estimate of drug-likeness (QED) is 0.813. The lowest BCUT2D eigenvalue weighted by atomic mass is 9.73. The zero-order chi connectivity index (χ0) is 15.1. The summed E-state index contributed by atoms with van der Waals surface area (Å²) in [6.07, 6.45) is 3.99. The Kier molecular flexibility index (Phi) is 4.31. The molecule has 114 valence electrons. The Morgan fingerprint density at radius 2 is 2.05 bits per heavy atom. The van der Waals surface area contributed by atoms with E-state index < -0.39 is 0 Å². The van der Waals surface area contributed by atoms with E-state index in [9.17, 15) is 4.79 Å². The Labute approximate surface area is 136 Å². The summed E-state index contributed by atoms with van der Waals surface area (Å²) in [6.45, 7) is 1.97. The van der Waals surface area contributed by atoms with Gasteiger partial charge in [-0.15, -0.1) is 0 Å². The molecule has 0 N–H and O–H groups in total. The van der Waals surface area contributed by atoms with E-state index in [-0.39, 0.29) is 11.8 Å². The zero-order valence-electron chi connectivity index (χ0n) is 12.5. The molecule has 2 heterocycles. The molecule has 1 unspecified atom stereocenters. The first kappa shape index (κ1) is 15.3. The van der Waals surface area contributed by atoms with Crippen molar-refractivity contribution in [3.8, 4) is 0 Å². The molecular formula is C17H21Cl2NO. The number of fused-ring (bicyclic) bond motifs is 2. The van der Waals surface area contributed by atoms with Crippen LogP contribution in [0.1, 0.15) is 44.1 Å². The summed E-state index contributed by atoms with van der Waals surface area (Å²) in [5.74, 6) is 0.750. The number of ketones is 1. The molecule has 0 saturated carbocycles. The lowest BCUT2D eigenvalue weighted by Gasteiger charge is -2.42. The first-order valence-corrected chi connectivity index (χ1v) is 8.48. The molecule has 1 aromatic carbocycles. The number of benzene rings is 1. The maximum atomic E-state index is 12.6. The van der Waals surface area contributed by atoms with Gasteiger partial charge in [-0.05, 0) is 49.9 Å². The molecule has 4 atom stereocenters. The van der Waals surface area contributed by atoms with Crippen molar-refractivity contribution in [2.24, 2.45) is 5.92 Å². The van der Waals surface area contributed by atoms with E-state index in [2.05, 4.69) is 11.9 Å². The molecule has 0 amide bonds. The number of hydrogen-bond donors (Lipinski definition) is 0. The molecule has 1 aromatic rings. The van der Waals surface area contributed by atoms with Crippen LogP contribution in [0, 0.1) is 5.92 Å². The molecule has 2 aliphatic rings. The van der Waals surface area contributed by atoms with Gasteiger partial charge >= 0.3 is 0 Å². The molecule has 21 heavy (non-hydrogen) atoms. The van der Waals surface area contributed by atoms with E-state index in [1.807, 2.05) is 25.1 Å². The van der Waals surface area contributed by atoms with Crippen LogP contribution in [0.3, 0.4) is 0 Å². The summed E-state index contributed by atoms with van der Waals surface area (Å²) in [6, 6.07) is 6.83. The highest BCUT2D eigenvalue weighted by molar-refractivity contribution is 6.42. The standard InChI is InChI=1S/C17H21Cl2NO/c1-3-16(21)17-12(9-11-5-7-15(17)20(11)2)10-4-6-13(18)14(19)8-10/h4,6,8,11-12,15,17H,3,5,7,9H2,1-2H3/t11?,12-,15-,17-/m0/s1. The van der Waals surface area contributed by atoms with Crippen LogP contribution in [0.4, 0.5) is 0 Å². The normalized spacial score (nSPS) is 32.4. The number of carbonyl (C=O) groups excluding carboxylic acids is 1. The highest BCUT2D eigenvalue weighted by Gasteiger charge is 2.48. The Balaban J connectivity index is 1.98. The summed E-state index contributed by atoms with van der Waals surface area (Å²) in [7, 11) is 2.17. The predicted octanol–water partition coefficient (Wildman–Crippen LogP) is 4.54. The van der Waals surface area contributed by atoms with E-state index in [0.717, 1.165) is 12.8 Å². The molecule has 2 saturated heterocycles. The van der Waals surface area contributed by atoms with Crippen molar-refractivity contribution in [3.05, 3.63) is 33.8 Å². The molecule has 2 fully saturated rings. The molecule has 2 aliphatic heterocycles. The van der Waals surface area contributed by atoms with Crippen LogP contribution in [0.5, 0.6) is 0 Å². The van der Waals surface area contributed by atoms with Gasteiger partial charge in [0.05, 0.1) is 10.0 Å². The number of rotatable bonds is 3. The smallest absolute Gasteiger partial charge is 0.137 e. The van der Waals surface area contributed by atoms with Crippen LogP contribution in [0.15, 0.2) is 18.2 Å². The summed E-state index contributed by atoms with van der Waals surface area (Å²) in [4.78, 5) is 15.0. The maximum Gasteiger partial charge on any atom is 0.137 e. The minimum atomic E-state index is 0.0935. The van der Waals surface area contributed by atoms with E-state index in [1.165, 1.54) is 12.0 Å². The molecule has 2 bridgehead atoms. The third-order valence-corrected chi connectivity index (χ3v) is 6.10. The highest BCUT2D eigenvalue weighted by atomic mass is 35.5. The minimum Gasteiger partial charge on any atom is -0.300 e. The summed E-state index contributed by atoms with van der Waals surface area (Å²) >= 11 is 12.2. The van der Waals surface area contributed by atoms with Gasteiger partial charge in [-0.3, -0.25) is 9.69 Å². The molecule has 0 spiro atoms. The van der Waals surface area contributed by atoms with Gasteiger partial charge in [0.15, 0.2) is 0 Å². The van der Waals surface area contributed by atoms with Gasteiger partial charge in [0.2, 0.25) is 0 Å². The second kappa shape index (κ2) is 5.91. The van der Waals surface area contributed by atoms with Gasteiger partial charge in [-0.1, -0.05) is 36.2 Å². The van der Waals surface area contributed by atoms with Crippen molar-refractivity contribution in [2.75, 3.05) is 7.05 Å². The molecule has 0 aliphatic carbocycles. The molecule has 0 radical (unpaired) electrons.